The molecule has 0 spiro atoms. The van der Waals surface area contributed by atoms with Gasteiger partial charge in [0.25, 0.3) is 11.8 Å². The number of hydrogen-bond acceptors (Lipinski definition) is 4. The first-order valence-corrected chi connectivity index (χ1v) is 7.86. The molecule has 25 heavy (non-hydrogen) atoms. The van der Waals surface area contributed by atoms with Gasteiger partial charge in [0.1, 0.15) is 5.82 Å². The van der Waals surface area contributed by atoms with Gasteiger partial charge in [0.15, 0.2) is 0 Å². The predicted octanol–water partition coefficient (Wildman–Crippen LogP) is 1.59. The lowest BCUT2D eigenvalue weighted by Gasteiger charge is -2.08. The Morgan fingerprint density at radius 1 is 1.08 bits per heavy atom. The van der Waals surface area contributed by atoms with Crippen LogP contribution >= 0.6 is 0 Å². The molecule has 1 aromatic heterocycles. The third-order valence-corrected chi connectivity index (χ3v) is 3.37. The fraction of sp³-hybridized carbons (Fsp3) is 0.211. The maximum Gasteiger partial charge on any atom is 0.253 e. The summed E-state index contributed by atoms with van der Waals surface area (Å²) in [5.74, 6) is 2.59. The first-order valence-electron chi connectivity index (χ1n) is 7.86. The molecule has 0 saturated carbocycles. The summed E-state index contributed by atoms with van der Waals surface area (Å²) < 4.78 is 0. The van der Waals surface area contributed by atoms with Gasteiger partial charge in [-0.3, -0.25) is 9.59 Å². The lowest BCUT2D eigenvalue weighted by Crippen LogP contribution is -2.29. The number of nitrogens with zero attached hydrogens (tertiary/aromatic N) is 1. The standard InChI is InChI=1S/C19H20N4O2/c1-3-9-21-19(25)16-7-8-17(23-13-16)20-10-11-22-18(24)15-6-4-5-14(2)12-15/h1,4-8,12-13H,9-11H2,2H3,(H,20,23)(H,21,25)(H,22,24). The lowest BCUT2D eigenvalue weighted by atomic mass is 10.1. The van der Waals surface area contributed by atoms with Crippen molar-refractivity contribution in [1.82, 2.24) is 15.6 Å². The van der Waals surface area contributed by atoms with Crippen LogP contribution in [0.4, 0.5) is 5.82 Å². The smallest absolute Gasteiger partial charge is 0.253 e. The summed E-state index contributed by atoms with van der Waals surface area (Å²) in [6.07, 6.45) is 6.56. The number of rotatable bonds is 7. The van der Waals surface area contributed by atoms with Gasteiger partial charge in [-0.2, -0.15) is 0 Å². The lowest BCUT2D eigenvalue weighted by molar-refractivity contribution is 0.0948. The number of carbonyl (C=O) groups excluding carboxylic acids is 2. The van der Waals surface area contributed by atoms with Gasteiger partial charge in [-0.15, -0.1) is 6.42 Å². The van der Waals surface area contributed by atoms with Gasteiger partial charge < -0.3 is 16.0 Å². The fourth-order valence-electron chi connectivity index (χ4n) is 2.12. The van der Waals surface area contributed by atoms with Crippen molar-refractivity contribution >= 4 is 17.6 Å². The van der Waals surface area contributed by atoms with Gasteiger partial charge in [-0.05, 0) is 31.2 Å². The molecule has 6 nitrogen and oxygen atoms in total. The maximum absolute atomic E-state index is 12.0. The Kier molecular flexibility index (Phi) is 6.55. The van der Waals surface area contributed by atoms with Crippen molar-refractivity contribution in [2.24, 2.45) is 0 Å². The number of pyridine rings is 1. The van der Waals surface area contributed by atoms with Crippen molar-refractivity contribution in [3.05, 3.63) is 59.3 Å². The second kappa shape index (κ2) is 9.08. The number of amides is 2. The van der Waals surface area contributed by atoms with Gasteiger partial charge in [0, 0.05) is 24.8 Å². The van der Waals surface area contributed by atoms with Crippen LogP contribution in [0, 0.1) is 19.3 Å². The van der Waals surface area contributed by atoms with Crippen LogP contribution < -0.4 is 16.0 Å². The topological polar surface area (TPSA) is 83.1 Å². The number of terminal acetylenes is 1. The Hall–Kier alpha value is -3.33. The summed E-state index contributed by atoms with van der Waals surface area (Å²) in [5.41, 5.74) is 2.12. The summed E-state index contributed by atoms with van der Waals surface area (Å²) in [6.45, 7) is 3.10. The van der Waals surface area contributed by atoms with Crippen LogP contribution in [0.1, 0.15) is 26.3 Å². The van der Waals surface area contributed by atoms with Gasteiger partial charge in [-0.25, -0.2) is 4.98 Å². The average molecular weight is 336 g/mol. The SMILES string of the molecule is C#CCNC(=O)c1ccc(NCCNC(=O)c2cccc(C)c2)nc1. The van der Waals surface area contributed by atoms with Crippen molar-refractivity contribution < 1.29 is 9.59 Å². The highest BCUT2D eigenvalue weighted by Crippen LogP contribution is 2.05. The number of aryl methyl sites for hydroxylation is 1. The Bertz CT molecular complexity index is 779. The maximum atomic E-state index is 12.0. The van der Waals surface area contributed by atoms with Gasteiger partial charge >= 0.3 is 0 Å². The summed E-state index contributed by atoms with van der Waals surface area (Å²) in [4.78, 5) is 27.9. The molecule has 0 aliphatic heterocycles. The zero-order valence-electron chi connectivity index (χ0n) is 14.0. The molecular weight excluding hydrogens is 316 g/mol. The summed E-state index contributed by atoms with van der Waals surface area (Å²) in [5, 5.41) is 8.49. The molecule has 0 aliphatic rings. The first kappa shape index (κ1) is 18.0. The van der Waals surface area contributed by atoms with E-state index >= 15 is 0 Å². The quantitative estimate of drug-likeness (QED) is 0.530. The molecule has 0 fully saturated rings. The third kappa shape index (κ3) is 5.66. The van der Waals surface area contributed by atoms with E-state index in [1.165, 1.54) is 6.20 Å². The van der Waals surface area contributed by atoms with Crippen molar-refractivity contribution in [2.45, 2.75) is 6.92 Å². The molecule has 2 amide bonds. The number of hydrogen-bond donors (Lipinski definition) is 3. The molecule has 0 atom stereocenters. The summed E-state index contributed by atoms with van der Waals surface area (Å²) in [7, 11) is 0. The van der Waals surface area contributed by atoms with E-state index in [4.69, 9.17) is 6.42 Å². The molecule has 1 heterocycles. The molecule has 3 N–H and O–H groups in total. The molecule has 0 aliphatic carbocycles. The molecule has 0 saturated heterocycles. The summed E-state index contributed by atoms with van der Waals surface area (Å²) >= 11 is 0. The number of benzene rings is 1. The highest BCUT2D eigenvalue weighted by atomic mass is 16.2. The highest BCUT2D eigenvalue weighted by Gasteiger charge is 2.06. The van der Waals surface area contributed by atoms with E-state index in [2.05, 4.69) is 26.9 Å². The number of anilines is 1. The second-order valence-corrected chi connectivity index (χ2v) is 5.37. The molecule has 2 aromatic rings. The monoisotopic (exact) mass is 336 g/mol. The van der Waals surface area contributed by atoms with E-state index in [1.807, 2.05) is 25.1 Å². The Labute approximate surface area is 147 Å². The van der Waals surface area contributed by atoms with E-state index in [0.29, 0.717) is 30.0 Å². The second-order valence-electron chi connectivity index (χ2n) is 5.37. The minimum absolute atomic E-state index is 0.112. The predicted molar refractivity (Wildman–Crippen MR) is 97.4 cm³/mol. The average Bonchev–Trinajstić information content (AvgIpc) is 2.63. The van der Waals surface area contributed by atoms with Crippen molar-refractivity contribution in [3.8, 4) is 12.3 Å². The van der Waals surface area contributed by atoms with Crippen LogP contribution in [0.25, 0.3) is 0 Å². The van der Waals surface area contributed by atoms with Crippen molar-refractivity contribution in [2.75, 3.05) is 25.0 Å². The minimum Gasteiger partial charge on any atom is -0.368 e. The highest BCUT2D eigenvalue weighted by molar-refractivity contribution is 5.94. The van der Waals surface area contributed by atoms with Gasteiger partial charge in [-0.1, -0.05) is 23.6 Å². The van der Waals surface area contributed by atoms with Crippen molar-refractivity contribution in [3.63, 3.8) is 0 Å². The van der Waals surface area contributed by atoms with E-state index in [0.717, 1.165) is 5.56 Å². The van der Waals surface area contributed by atoms with Crippen LogP contribution in [0.3, 0.4) is 0 Å². The number of carbonyl (C=O) groups is 2. The fourth-order valence-corrected chi connectivity index (χ4v) is 2.12. The molecule has 0 unspecified atom stereocenters. The minimum atomic E-state index is -0.262. The van der Waals surface area contributed by atoms with Crippen LogP contribution in [-0.2, 0) is 0 Å². The molecule has 0 radical (unpaired) electrons. The first-order chi connectivity index (χ1) is 12.1. The molecule has 0 bridgehead atoms. The van der Waals surface area contributed by atoms with Crippen LogP contribution in [0.2, 0.25) is 0 Å². The zero-order chi connectivity index (χ0) is 18.1. The molecule has 6 heteroatoms. The van der Waals surface area contributed by atoms with Gasteiger partial charge in [0.2, 0.25) is 0 Å². The van der Waals surface area contributed by atoms with Crippen LogP contribution in [0.5, 0.6) is 0 Å². The summed E-state index contributed by atoms with van der Waals surface area (Å²) in [6, 6.07) is 10.8. The van der Waals surface area contributed by atoms with Crippen LogP contribution in [-0.4, -0.2) is 36.4 Å². The van der Waals surface area contributed by atoms with Crippen LogP contribution in [0.15, 0.2) is 42.6 Å². The number of nitrogens with one attached hydrogen (secondary N) is 3. The van der Waals surface area contributed by atoms with E-state index in [-0.39, 0.29) is 18.4 Å². The molecular formula is C19H20N4O2. The normalized spacial score (nSPS) is 9.76. The van der Waals surface area contributed by atoms with Gasteiger partial charge in [0.05, 0.1) is 12.1 Å². The molecule has 1 aromatic carbocycles. The molecule has 2 rings (SSSR count). The number of aromatic nitrogens is 1. The van der Waals surface area contributed by atoms with E-state index in [1.54, 1.807) is 18.2 Å². The Morgan fingerprint density at radius 3 is 2.56 bits per heavy atom. The Morgan fingerprint density at radius 2 is 1.88 bits per heavy atom. The third-order valence-electron chi connectivity index (χ3n) is 3.37. The van der Waals surface area contributed by atoms with Crippen molar-refractivity contribution in [1.29, 1.82) is 0 Å². The van der Waals surface area contributed by atoms with E-state index in [9.17, 15) is 9.59 Å². The molecule has 128 valence electrons. The zero-order valence-corrected chi connectivity index (χ0v) is 14.0. The largest absolute Gasteiger partial charge is 0.368 e. The van der Waals surface area contributed by atoms with E-state index < -0.39 is 0 Å². The Balaban J connectivity index is 1.75.